The fourth-order valence-electron chi connectivity index (χ4n) is 1.23. The molecule has 1 aromatic carbocycles. The van der Waals surface area contributed by atoms with Crippen molar-refractivity contribution in [3.63, 3.8) is 0 Å². The molecule has 0 heterocycles. The summed E-state index contributed by atoms with van der Waals surface area (Å²) in [4.78, 5) is 0. The van der Waals surface area contributed by atoms with E-state index in [0.29, 0.717) is 12.2 Å². The number of alkyl halides is 1. The molecule has 0 aliphatic carbocycles. The van der Waals surface area contributed by atoms with Gasteiger partial charge in [-0.05, 0) is 24.6 Å². The van der Waals surface area contributed by atoms with Crippen LogP contribution in [0.2, 0.25) is 0 Å². The maximum atomic E-state index is 9.63. The summed E-state index contributed by atoms with van der Waals surface area (Å²) in [6.45, 7) is 2.51. The Kier molecular flexibility index (Phi) is 4.88. The minimum absolute atomic E-state index is 0.00831. The van der Waals surface area contributed by atoms with Crippen molar-refractivity contribution in [1.82, 2.24) is 0 Å². The van der Waals surface area contributed by atoms with Gasteiger partial charge in [0.2, 0.25) is 0 Å². The summed E-state index contributed by atoms with van der Waals surface area (Å²) in [5.74, 6) is 0.753. The van der Waals surface area contributed by atoms with E-state index in [1.807, 2.05) is 6.92 Å². The average Bonchev–Trinajstić information content (AvgIpc) is 2.28. The molecule has 15 heavy (non-hydrogen) atoms. The van der Waals surface area contributed by atoms with Crippen LogP contribution in [0.3, 0.4) is 0 Å². The van der Waals surface area contributed by atoms with Crippen molar-refractivity contribution in [2.24, 2.45) is 0 Å². The molecular formula is C11H15ClO3. The molecule has 0 aromatic heterocycles. The molecule has 0 aliphatic heterocycles. The number of ether oxygens (including phenoxy) is 1. The molecule has 0 bridgehead atoms. The smallest absolute Gasteiger partial charge is 0.119 e. The highest BCUT2D eigenvalue weighted by Gasteiger charge is 2.16. The molecule has 0 fully saturated rings. The number of hydrogen-bond donors (Lipinski definition) is 2. The number of benzene rings is 1. The summed E-state index contributed by atoms with van der Waals surface area (Å²) in [6.07, 6.45) is -1.89. The summed E-state index contributed by atoms with van der Waals surface area (Å²) < 4.78 is 5.26. The highest BCUT2D eigenvalue weighted by molar-refractivity contribution is 6.18. The standard InChI is InChI=1S/C11H15ClO3/c1-2-15-9-5-3-8(4-6-9)11(14)10(13)7-12/h3-6,10-11,13-14H,2,7H2,1H3. The fraction of sp³-hybridized carbons (Fsp3) is 0.455. The molecule has 84 valence electrons. The first-order valence-corrected chi connectivity index (χ1v) is 5.37. The Bertz CT molecular complexity index is 286. The van der Waals surface area contributed by atoms with Crippen LogP contribution >= 0.6 is 11.6 Å². The number of halogens is 1. The molecule has 0 aliphatic rings. The average molecular weight is 231 g/mol. The van der Waals surface area contributed by atoms with E-state index in [-0.39, 0.29) is 5.88 Å². The largest absolute Gasteiger partial charge is 0.494 e. The number of aliphatic hydroxyl groups is 2. The number of aliphatic hydroxyl groups excluding tert-OH is 2. The fourth-order valence-corrected chi connectivity index (χ4v) is 1.40. The Labute approximate surface area is 94.3 Å². The molecule has 1 aromatic rings. The lowest BCUT2D eigenvalue weighted by Crippen LogP contribution is -2.19. The Morgan fingerprint density at radius 3 is 2.33 bits per heavy atom. The van der Waals surface area contributed by atoms with E-state index in [9.17, 15) is 10.2 Å². The minimum Gasteiger partial charge on any atom is -0.494 e. The third-order valence-electron chi connectivity index (χ3n) is 2.06. The number of rotatable bonds is 5. The van der Waals surface area contributed by atoms with Crippen molar-refractivity contribution in [2.75, 3.05) is 12.5 Å². The van der Waals surface area contributed by atoms with Gasteiger partial charge in [-0.3, -0.25) is 0 Å². The SMILES string of the molecule is CCOc1ccc(C(O)C(O)CCl)cc1. The molecule has 2 atom stereocenters. The highest BCUT2D eigenvalue weighted by Crippen LogP contribution is 2.20. The second-order valence-corrected chi connectivity index (χ2v) is 3.48. The van der Waals surface area contributed by atoms with Gasteiger partial charge in [-0.1, -0.05) is 12.1 Å². The van der Waals surface area contributed by atoms with Gasteiger partial charge in [0, 0.05) is 0 Å². The van der Waals surface area contributed by atoms with Crippen molar-refractivity contribution in [2.45, 2.75) is 19.1 Å². The second kappa shape index (κ2) is 5.95. The van der Waals surface area contributed by atoms with Gasteiger partial charge >= 0.3 is 0 Å². The summed E-state index contributed by atoms with van der Waals surface area (Å²) in [5, 5.41) is 19.0. The van der Waals surface area contributed by atoms with Crippen LogP contribution in [0.25, 0.3) is 0 Å². The third-order valence-corrected chi connectivity index (χ3v) is 2.37. The molecule has 0 radical (unpaired) electrons. The molecule has 0 amide bonds. The first-order chi connectivity index (χ1) is 7.19. The maximum absolute atomic E-state index is 9.63. The van der Waals surface area contributed by atoms with Crippen molar-refractivity contribution in [3.05, 3.63) is 29.8 Å². The zero-order valence-corrected chi connectivity index (χ0v) is 9.31. The van der Waals surface area contributed by atoms with Gasteiger partial charge in [-0.2, -0.15) is 0 Å². The topological polar surface area (TPSA) is 49.7 Å². The van der Waals surface area contributed by atoms with Crippen LogP contribution in [0.4, 0.5) is 0 Å². The zero-order chi connectivity index (χ0) is 11.3. The van der Waals surface area contributed by atoms with Crippen molar-refractivity contribution in [3.8, 4) is 5.75 Å². The zero-order valence-electron chi connectivity index (χ0n) is 8.56. The Hall–Kier alpha value is -0.770. The third kappa shape index (κ3) is 3.38. The normalized spacial score (nSPS) is 14.7. The molecule has 1 rings (SSSR count). The molecule has 2 unspecified atom stereocenters. The van der Waals surface area contributed by atoms with Crippen LogP contribution in [0, 0.1) is 0 Å². The molecule has 4 heteroatoms. The quantitative estimate of drug-likeness (QED) is 0.758. The first kappa shape index (κ1) is 12.3. The van der Waals surface area contributed by atoms with Gasteiger partial charge in [-0.15, -0.1) is 11.6 Å². The van der Waals surface area contributed by atoms with Crippen LogP contribution in [0.15, 0.2) is 24.3 Å². The van der Waals surface area contributed by atoms with Gasteiger partial charge in [0.1, 0.15) is 11.9 Å². The molecule has 3 nitrogen and oxygen atoms in total. The van der Waals surface area contributed by atoms with Crippen LogP contribution in [-0.2, 0) is 0 Å². The van der Waals surface area contributed by atoms with Crippen molar-refractivity contribution >= 4 is 11.6 Å². The molecule has 0 saturated carbocycles. The van der Waals surface area contributed by atoms with Crippen molar-refractivity contribution in [1.29, 1.82) is 0 Å². The summed E-state index contributed by atoms with van der Waals surface area (Å²) in [5.41, 5.74) is 0.631. The molecule has 2 N–H and O–H groups in total. The van der Waals surface area contributed by atoms with E-state index in [1.165, 1.54) is 0 Å². The van der Waals surface area contributed by atoms with Crippen LogP contribution in [0.1, 0.15) is 18.6 Å². The lowest BCUT2D eigenvalue weighted by Gasteiger charge is -2.15. The lowest BCUT2D eigenvalue weighted by molar-refractivity contribution is 0.0327. The van der Waals surface area contributed by atoms with Crippen LogP contribution in [0.5, 0.6) is 5.75 Å². The summed E-state index contributed by atoms with van der Waals surface area (Å²) >= 11 is 5.44. The monoisotopic (exact) mass is 230 g/mol. The van der Waals surface area contributed by atoms with Crippen LogP contribution in [-0.4, -0.2) is 28.8 Å². The van der Waals surface area contributed by atoms with Gasteiger partial charge in [0.15, 0.2) is 0 Å². The highest BCUT2D eigenvalue weighted by atomic mass is 35.5. The van der Waals surface area contributed by atoms with Gasteiger partial charge < -0.3 is 14.9 Å². The first-order valence-electron chi connectivity index (χ1n) is 4.84. The maximum Gasteiger partial charge on any atom is 0.119 e. The Morgan fingerprint density at radius 2 is 1.87 bits per heavy atom. The molecule has 0 saturated heterocycles. The Balaban J connectivity index is 2.70. The van der Waals surface area contributed by atoms with Gasteiger partial charge in [-0.25, -0.2) is 0 Å². The van der Waals surface area contributed by atoms with E-state index in [2.05, 4.69) is 0 Å². The van der Waals surface area contributed by atoms with Gasteiger partial charge in [0.25, 0.3) is 0 Å². The predicted octanol–water partition coefficient (Wildman–Crippen LogP) is 1.72. The molecule has 0 spiro atoms. The predicted molar refractivity (Wildman–Crippen MR) is 59.3 cm³/mol. The lowest BCUT2D eigenvalue weighted by atomic mass is 10.1. The summed E-state index contributed by atoms with van der Waals surface area (Å²) in [6, 6.07) is 6.93. The Morgan fingerprint density at radius 1 is 1.27 bits per heavy atom. The van der Waals surface area contributed by atoms with E-state index in [1.54, 1.807) is 24.3 Å². The molecular weight excluding hydrogens is 216 g/mol. The van der Waals surface area contributed by atoms with Gasteiger partial charge in [0.05, 0.1) is 18.6 Å². The second-order valence-electron chi connectivity index (χ2n) is 3.17. The summed E-state index contributed by atoms with van der Waals surface area (Å²) in [7, 11) is 0. The van der Waals surface area contributed by atoms with E-state index in [0.717, 1.165) is 5.75 Å². The minimum atomic E-state index is -0.946. The van der Waals surface area contributed by atoms with E-state index < -0.39 is 12.2 Å². The van der Waals surface area contributed by atoms with E-state index in [4.69, 9.17) is 16.3 Å². The van der Waals surface area contributed by atoms with Crippen molar-refractivity contribution < 1.29 is 14.9 Å². The van der Waals surface area contributed by atoms with Crippen LogP contribution < -0.4 is 4.74 Å². The van der Waals surface area contributed by atoms with E-state index >= 15 is 0 Å². The number of hydrogen-bond acceptors (Lipinski definition) is 3.